The molecule has 0 saturated carbocycles. The summed E-state index contributed by atoms with van der Waals surface area (Å²) < 4.78 is 85.2. The molecule has 1 amide bonds. The molecule has 39 heavy (non-hydrogen) atoms. The van der Waals surface area contributed by atoms with Gasteiger partial charge >= 0.3 is 6.18 Å². The fraction of sp³-hybridized carbons (Fsp3) is 0.308. The number of halogens is 6. The van der Waals surface area contributed by atoms with Crippen LogP contribution in [-0.4, -0.2) is 41.4 Å². The van der Waals surface area contributed by atoms with Crippen molar-refractivity contribution in [3.05, 3.63) is 82.8 Å². The molecule has 2 bridgehead atoms. The Balaban J connectivity index is 1.41. The van der Waals surface area contributed by atoms with Gasteiger partial charge in [-0.15, -0.1) is 5.10 Å². The smallest absolute Gasteiger partial charge is 0.324 e. The van der Waals surface area contributed by atoms with Gasteiger partial charge in [0.1, 0.15) is 0 Å². The number of nitrogens with zero attached hydrogens (tertiary/aromatic N) is 6. The van der Waals surface area contributed by atoms with Gasteiger partial charge in [-0.25, -0.2) is 17.9 Å². The summed E-state index contributed by atoms with van der Waals surface area (Å²) in [4.78, 5) is 18.8. The maximum absolute atomic E-state index is 14.0. The molecule has 1 fully saturated rings. The van der Waals surface area contributed by atoms with Gasteiger partial charge in [0.05, 0.1) is 23.1 Å². The molecule has 0 spiro atoms. The largest absolute Gasteiger partial charge is 0.451 e. The Bertz CT molecular complexity index is 1570. The number of piperidine rings is 1. The van der Waals surface area contributed by atoms with Crippen LogP contribution < -0.4 is 0 Å². The molecule has 7 nitrogen and oxygen atoms in total. The zero-order chi connectivity index (χ0) is 27.6. The first-order valence-electron chi connectivity index (χ1n) is 12.2. The van der Waals surface area contributed by atoms with Crippen molar-refractivity contribution in [1.29, 1.82) is 0 Å². The van der Waals surface area contributed by atoms with Crippen LogP contribution in [0.1, 0.15) is 53.0 Å². The van der Waals surface area contributed by atoms with Gasteiger partial charge in [0.25, 0.3) is 5.91 Å². The van der Waals surface area contributed by atoms with Gasteiger partial charge < -0.3 is 4.90 Å². The van der Waals surface area contributed by atoms with Crippen molar-refractivity contribution in [2.75, 3.05) is 0 Å². The standard InChI is InChI=1S/C26H20F6N6O/c1-36-22(13-10-17(27)20(29)18(28)11-13)16-12-15-8-5-9-19(21(16)34-36)37(15)24(39)23-33-25(26(30,31)32)38(35-23)14-6-3-2-4-7-14/h2-4,6-7,10-11,15,19H,5,8-9,12H2,1H3/t15-,19-/m1/s1. The molecule has 2 aliphatic rings. The topological polar surface area (TPSA) is 68.8 Å². The highest BCUT2D eigenvalue weighted by Crippen LogP contribution is 2.45. The molecule has 0 N–H and O–H groups in total. The maximum atomic E-state index is 14.0. The summed E-state index contributed by atoms with van der Waals surface area (Å²) in [6.07, 6.45) is -2.85. The summed E-state index contributed by atoms with van der Waals surface area (Å²) in [5, 5.41) is 8.48. The van der Waals surface area contributed by atoms with Gasteiger partial charge in [-0.3, -0.25) is 9.48 Å². The van der Waals surface area contributed by atoms with Crippen molar-refractivity contribution in [3.63, 3.8) is 0 Å². The zero-order valence-corrected chi connectivity index (χ0v) is 20.4. The molecule has 0 unspecified atom stereocenters. The average molecular weight is 546 g/mol. The van der Waals surface area contributed by atoms with E-state index in [1.807, 2.05) is 0 Å². The first kappa shape index (κ1) is 25.1. The van der Waals surface area contributed by atoms with Crippen LogP contribution in [0, 0.1) is 17.5 Å². The van der Waals surface area contributed by atoms with Crippen LogP contribution in [0.4, 0.5) is 26.3 Å². The van der Waals surface area contributed by atoms with E-state index in [1.165, 1.54) is 21.7 Å². The Kier molecular flexibility index (Phi) is 5.77. The number of carbonyl (C=O) groups is 1. The van der Waals surface area contributed by atoms with E-state index in [4.69, 9.17) is 0 Å². The van der Waals surface area contributed by atoms with Crippen molar-refractivity contribution in [2.45, 2.75) is 43.9 Å². The van der Waals surface area contributed by atoms with E-state index in [0.29, 0.717) is 34.5 Å². The highest BCUT2D eigenvalue weighted by Gasteiger charge is 2.46. The highest BCUT2D eigenvalue weighted by molar-refractivity contribution is 5.91. The lowest BCUT2D eigenvalue weighted by atomic mass is 9.81. The molecular formula is C26H20F6N6O. The van der Waals surface area contributed by atoms with Gasteiger partial charge in [-0.05, 0) is 49.9 Å². The van der Waals surface area contributed by atoms with Crippen LogP contribution in [0.3, 0.4) is 0 Å². The molecule has 6 rings (SSSR count). The van der Waals surface area contributed by atoms with E-state index in [-0.39, 0.29) is 17.7 Å². The van der Waals surface area contributed by atoms with Gasteiger partial charge in [-0.1, -0.05) is 18.2 Å². The summed E-state index contributed by atoms with van der Waals surface area (Å²) in [5.41, 5.74) is 1.71. The van der Waals surface area contributed by atoms with Gasteiger partial charge in [0.15, 0.2) is 17.5 Å². The maximum Gasteiger partial charge on any atom is 0.451 e. The van der Waals surface area contributed by atoms with Gasteiger partial charge in [0, 0.05) is 24.2 Å². The van der Waals surface area contributed by atoms with Crippen LogP contribution in [0.25, 0.3) is 16.9 Å². The lowest BCUT2D eigenvalue weighted by Crippen LogP contribution is -2.50. The molecule has 4 heterocycles. The van der Waals surface area contributed by atoms with Crippen molar-refractivity contribution in [1.82, 2.24) is 29.4 Å². The van der Waals surface area contributed by atoms with E-state index in [1.54, 1.807) is 25.2 Å². The van der Waals surface area contributed by atoms with Crippen molar-refractivity contribution >= 4 is 5.91 Å². The number of amides is 1. The Hall–Kier alpha value is -4.16. The minimum Gasteiger partial charge on any atom is -0.324 e. The molecular weight excluding hydrogens is 526 g/mol. The number of rotatable bonds is 3. The lowest BCUT2D eigenvalue weighted by Gasteiger charge is -2.44. The zero-order valence-electron chi connectivity index (χ0n) is 20.4. The number of aryl methyl sites for hydroxylation is 1. The Labute approximate surface area is 217 Å². The molecule has 1 saturated heterocycles. The third-order valence-electron chi connectivity index (χ3n) is 7.22. The fourth-order valence-corrected chi connectivity index (χ4v) is 5.65. The summed E-state index contributed by atoms with van der Waals surface area (Å²) in [6, 6.07) is 8.34. The first-order valence-corrected chi connectivity index (χ1v) is 12.2. The number of benzene rings is 2. The summed E-state index contributed by atoms with van der Waals surface area (Å²) in [5.74, 6) is -6.93. The third-order valence-corrected chi connectivity index (χ3v) is 7.22. The predicted molar refractivity (Wildman–Crippen MR) is 125 cm³/mol. The molecule has 2 aromatic heterocycles. The normalized spacial score (nSPS) is 18.8. The third kappa shape index (κ3) is 4.07. The molecule has 4 aromatic rings. The number of hydrogen-bond acceptors (Lipinski definition) is 4. The second-order valence-corrected chi connectivity index (χ2v) is 9.61. The summed E-state index contributed by atoms with van der Waals surface area (Å²) in [7, 11) is 1.57. The fourth-order valence-electron chi connectivity index (χ4n) is 5.65. The van der Waals surface area contributed by atoms with E-state index in [9.17, 15) is 31.1 Å². The second kappa shape index (κ2) is 8.95. The Morgan fingerprint density at radius 1 is 1.00 bits per heavy atom. The van der Waals surface area contributed by atoms with E-state index in [2.05, 4.69) is 15.2 Å². The quantitative estimate of drug-likeness (QED) is 0.255. The van der Waals surface area contributed by atoms with Crippen molar-refractivity contribution in [2.24, 2.45) is 7.05 Å². The number of para-hydroxylation sites is 1. The molecule has 0 aliphatic carbocycles. The molecule has 13 heteroatoms. The number of alkyl halides is 3. The minimum atomic E-state index is -4.86. The predicted octanol–water partition coefficient (Wildman–Crippen LogP) is 5.40. The van der Waals surface area contributed by atoms with Crippen molar-refractivity contribution in [3.8, 4) is 16.9 Å². The van der Waals surface area contributed by atoms with Gasteiger partial charge in [-0.2, -0.15) is 23.3 Å². The van der Waals surface area contributed by atoms with Crippen LogP contribution in [-0.2, 0) is 19.6 Å². The monoisotopic (exact) mass is 546 g/mol. The molecule has 0 radical (unpaired) electrons. The molecule has 2 aliphatic heterocycles. The second-order valence-electron chi connectivity index (χ2n) is 9.61. The Morgan fingerprint density at radius 2 is 1.69 bits per heavy atom. The lowest BCUT2D eigenvalue weighted by molar-refractivity contribution is -0.146. The number of hydrogen-bond donors (Lipinski definition) is 0. The number of aromatic nitrogens is 5. The minimum absolute atomic E-state index is 0.0959. The molecule has 202 valence electrons. The number of fused-ring (bicyclic) bond motifs is 4. The van der Waals surface area contributed by atoms with Gasteiger partial charge in [0.2, 0.25) is 11.6 Å². The van der Waals surface area contributed by atoms with Crippen LogP contribution in [0.15, 0.2) is 42.5 Å². The molecule has 2 aromatic carbocycles. The van der Waals surface area contributed by atoms with Crippen LogP contribution in [0.2, 0.25) is 0 Å². The highest BCUT2D eigenvalue weighted by atomic mass is 19.4. The van der Waals surface area contributed by atoms with E-state index >= 15 is 0 Å². The van der Waals surface area contributed by atoms with E-state index < -0.39 is 53.3 Å². The molecule has 2 atom stereocenters. The van der Waals surface area contributed by atoms with E-state index in [0.717, 1.165) is 18.6 Å². The van der Waals surface area contributed by atoms with Crippen molar-refractivity contribution < 1.29 is 31.1 Å². The van der Waals surface area contributed by atoms with Crippen LogP contribution >= 0.6 is 0 Å². The SMILES string of the molecule is Cn1nc2c(c1-c1cc(F)c(F)c(F)c1)C[C@H]1CCC[C@H]2N1C(=O)c1nc(C(F)(F)F)n(-c2ccccc2)n1. The Morgan fingerprint density at radius 3 is 2.36 bits per heavy atom. The summed E-state index contributed by atoms with van der Waals surface area (Å²) in [6.45, 7) is 0. The average Bonchev–Trinajstić information content (AvgIpc) is 3.49. The summed E-state index contributed by atoms with van der Waals surface area (Å²) >= 11 is 0. The number of carbonyl (C=O) groups excluding carboxylic acids is 1. The first-order chi connectivity index (χ1) is 18.5. The van der Waals surface area contributed by atoms with Crippen LogP contribution in [0.5, 0.6) is 0 Å².